The highest BCUT2D eigenvalue weighted by molar-refractivity contribution is 7.80. The van der Waals surface area contributed by atoms with Gasteiger partial charge in [-0.15, -0.1) is 0 Å². The second kappa shape index (κ2) is 3.83. The molecular formula is C6H13NO2S. The van der Waals surface area contributed by atoms with Crippen LogP contribution in [-0.2, 0) is 4.79 Å². The largest absolute Gasteiger partial charge is 0.480 e. The number of carboxylic acid groups (broad SMARTS) is 1. The maximum absolute atomic E-state index is 10.5. The maximum Gasteiger partial charge on any atom is 0.324 e. The summed E-state index contributed by atoms with van der Waals surface area (Å²) in [6.45, 7) is 4.12. The second-order valence-corrected chi connectivity index (χ2v) is 2.64. The van der Waals surface area contributed by atoms with Crippen molar-refractivity contribution in [1.82, 2.24) is 5.32 Å². The predicted molar refractivity (Wildman–Crippen MR) is 43.6 cm³/mol. The smallest absolute Gasteiger partial charge is 0.324 e. The van der Waals surface area contributed by atoms with Gasteiger partial charge in [-0.05, 0) is 13.5 Å². The molecule has 0 aliphatic rings. The van der Waals surface area contributed by atoms with Crippen LogP contribution in [0.1, 0.15) is 13.8 Å². The lowest BCUT2D eigenvalue weighted by atomic mass is 10.1. The molecule has 0 bridgehead atoms. The van der Waals surface area contributed by atoms with Crippen LogP contribution in [0.3, 0.4) is 0 Å². The summed E-state index contributed by atoms with van der Waals surface area (Å²) in [5, 5.41) is 11.5. The first-order valence-electron chi connectivity index (χ1n) is 3.16. The van der Waals surface area contributed by atoms with E-state index in [2.05, 4.69) is 17.9 Å². The number of nitrogens with one attached hydrogen (secondary N) is 1. The standard InChI is InChI=1S/C6H13NO2S/c1-3-7-6(2,4-10)5(8)9/h7,10H,3-4H2,1-2H3,(H,8,9). The number of rotatable bonds is 4. The molecule has 1 unspecified atom stereocenters. The molecule has 0 heterocycles. The Hall–Kier alpha value is -0.220. The van der Waals surface area contributed by atoms with Crippen molar-refractivity contribution in [3.63, 3.8) is 0 Å². The van der Waals surface area contributed by atoms with Gasteiger partial charge in [-0.25, -0.2) is 0 Å². The van der Waals surface area contributed by atoms with Crippen LogP contribution in [0, 0.1) is 0 Å². The quantitative estimate of drug-likeness (QED) is 0.525. The Morgan fingerprint density at radius 2 is 2.30 bits per heavy atom. The molecule has 0 amide bonds. The van der Waals surface area contributed by atoms with Gasteiger partial charge in [0, 0.05) is 5.75 Å². The number of hydrogen-bond donors (Lipinski definition) is 3. The van der Waals surface area contributed by atoms with Gasteiger partial charge in [-0.3, -0.25) is 4.79 Å². The molecule has 10 heavy (non-hydrogen) atoms. The first kappa shape index (κ1) is 9.78. The Morgan fingerprint density at radius 1 is 1.80 bits per heavy atom. The minimum atomic E-state index is -0.877. The summed E-state index contributed by atoms with van der Waals surface area (Å²) in [6.07, 6.45) is 0. The molecule has 0 aliphatic heterocycles. The molecule has 0 rings (SSSR count). The average Bonchev–Trinajstić information content (AvgIpc) is 1.88. The van der Waals surface area contributed by atoms with Crippen LogP contribution in [0.25, 0.3) is 0 Å². The summed E-state index contributed by atoms with van der Waals surface area (Å²) < 4.78 is 0. The zero-order chi connectivity index (χ0) is 8.20. The van der Waals surface area contributed by atoms with Crippen molar-refractivity contribution in [2.45, 2.75) is 19.4 Å². The van der Waals surface area contributed by atoms with Crippen molar-refractivity contribution in [3.8, 4) is 0 Å². The van der Waals surface area contributed by atoms with Gasteiger partial charge in [0.05, 0.1) is 0 Å². The molecule has 3 nitrogen and oxygen atoms in total. The predicted octanol–water partition coefficient (Wildman–Crippen LogP) is 0.369. The molecule has 0 aromatic carbocycles. The number of aliphatic carboxylic acids is 1. The van der Waals surface area contributed by atoms with Crippen molar-refractivity contribution in [3.05, 3.63) is 0 Å². The Balaban J connectivity index is 4.08. The lowest BCUT2D eigenvalue weighted by molar-refractivity contribution is -0.143. The van der Waals surface area contributed by atoms with Crippen LogP contribution >= 0.6 is 12.6 Å². The van der Waals surface area contributed by atoms with Gasteiger partial charge in [-0.1, -0.05) is 6.92 Å². The Morgan fingerprint density at radius 3 is 2.40 bits per heavy atom. The highest BCUT2D eigenvalue weighted by Crippen LogP contribution is 2.05. The van der Waals surface area contributed by atoms with E-state index in [1.165, 1.54) is 0 Å². The fraction of sp³-hybridized carbons (Fsp3) is 0.833. The lowest BCUT2D eigenvalue weighted by Gasteiger charge is -2.22. The van der Waals surface area contributed by atoms with E-state index < -0.39 is 11.5 Å². The number of likely N-dealkylation sites (N-methyl/N-ethyl adjacent to an activating group) is 1. The van der Waals surface area contributed by atoms with E-state index in [9.17, 15) is 4.79 Å². The number of hydrogen-bond acceptors (Lipinski definition) is 3. The molecule has 60 valence electrons. The van der Waals surface area contributed by atoms with Crippen molar-refractivity contribution in [2.75, 3.05) is 12.3 Å². The molecule has 0 radical (unpaired) electrons. The maximum atomic E-state index is 10.5. The minimum absolute atomic E-state index is 0.302. The van der Waals surface area contributed by atoms with E-state index >= 15 is 0 Å². The Bertz CT molecular complexity index is 129. The molecule has 4 heteroatoms. The molecule has 2 N–H and O–H groups in total. The summed E-state index contributed by atoms with van der Waals surface area (Å²) in [5.41, 5.74) is -0.877. The Labute approximate surface area is 66.2 Å². The van der Waals surface area contributed by atoms with Crippen LogP contribution in [0.4, 0.5) is 0 Å². The first-order chi connectivity index (χ1) is 4.56. The van der Waals surface area contributed by atoms with Crippen molar-refractivity contribution in [1.29, 1.82) is 0 Å². The summed E-state index contributed by atoms with van der Waals surface area (Å²) in [5.74, 6) is -0.555. The number of carbonyl (C=O) groups is 1. The van der Waals surface area contributed by atoms with Gasteiger partial charge in [0.25, 0.3) is 0 Å². The zero-order valence-electron chi connectivity index (χ0n) is 6.22. The highest BCUT2D eigenvalue weighted by atomic mass is 32.1. The van der Waals surface area contributed by atoms with Crippen molar-refractivity contribution < 1.29 is 9.90 Å². The first-order valence-corrected chi connectivity index (χ1v) is 3.79. The SMILES string of the molecule is CCNC(C)(CS)C(=O)O. The fourth-order valence-electron chi connectivity index (χ4n) is 0.589. The third-order valence-corrected chi connectivity index (χ3v) is 1.99. The second-order valence-electron chi connectivity index (χ2n) is 2.33. The summed E-state index contributed by atoms with van der Waals surface area (Å²) in [4.78, 5) is 10.5. The van der Waals surface area contributed by atoms with Crippen molar-refractivity contribution in [2.24, 2.45) is 0 Å². The summed E-state index contributed by atoms with van der Waals surface area (Å²) in [6, 6.07) is 0. The number of carboxylic acids is 1. The molecule has 0 saturated heterocycles. The third-order valence-electron chi connectivity index (χ3n) is 1.36. The van der Waals surface area contributed by atoms with E-state index in [4.69, 9.17) is 5.11 Å². The van der Waals surface area contributed by atoms with Gasteiger partial charge in [0.15, 0.2) is 0 Å². The van der Waals surface area contributed by atoms with Crippen molar-refractivity contribution >= 4 is 18.6 Å². The molecule has 0 aliphatic carbocycles. The van der Waals surface area contributed by atoms with Crippen LogP contribution in [0.5, 0.6) is 0 Å². The zero-order valence-corrected chi connectivity index (χ0v) is 7.11. The van der Waals surface area contributed by atoms with Gasteiger partial charge in [0.1, 0.15) is 5.54 Å². The van der Waals surface area contributed by atoms with Gasteiger partial charge in [0.2, 0.25) is 0 Å². The van der Waals surface area contributed by atoms with Gasteiger partial charge < -0.3 is 10.4 Å². The topological polar surface area (TPSA) is 49.3 Å². The summed E-state index contributed by atoms with van der Waals surface area (Å²) in [7, 11) is 0. The molecule has 0 fully saturated rings. The molecule has 0 aromatic heterocycles. The van der Waals surface area contributed by atoms with E-state index in [0.29, 0.717) is 12.3 Å². The monoisotopic (exact) mass is 163 g/mol. The Kier molecular flexibility index (Phi) is 3.75. The summed E-state index contributed by atoms with van der Waals surface area (Å²) >= 11 is 3.93. The van der Waals surface area contributed by atoms with Gasteiger partial charge >= 0.3 is 5.97 Å². The van der Waals surface area contributed by atoms with E-state index in [-0.39, 0.29) is 0 Å². The third kappa shape index (κ3) is 2.19. The van der Waals surface area contributed by atoms with E-state index in [1.807, 2.05) is 6.92 Å². The highest BCUT2D eigenvalue weighted by Gasteiger charge is 2.29. The molecular weight excluding hydrogens is 150 g/mol. The van der Waals surface area contributed by atoms with Crippen LogP contribution < -0.4 is 5.32 Å². The lowest BCUT2D eigenvalue weighted by Crippen LogP contribution is -2.51. The fourth-order valence-corrected chi connectivity index (χ4v) is 0.836. The van der Waals surface area contributed by atoms with Crippen LogP contribution in [0.2, 0.25) is 0 Å². The molecule has 0 spiro atoms. The van der Waals surface area contributed by atoms with E-state index in [0.717, 1.165) is 0 Å². The van der Waals surface area contributed by atoms with E-state index in [1.54, 1.807) is 6.92 Å². The minimum Gasteiger partial charge on any atom is -0.480 e. The van der Waals surface area contributed by atoms with Gasteiger partial charge in [-0.2, -0.15) is 12.6 Å². The molecule has 0 saturated carbocycles. The molecule has 1 atom stereocenters. The average molecular weight is 163 g/mol. The number of thiol groups is 1. The molecule has 0 aromatic rings. The normalized spacial score (nSPS) is 16.3. The van der Waals surface area contributed by atoms with Crippen LogP contribution in [-0.4, -0.2) is 28.9 Å². The van der Waals surface area contributed by atoms with Crippen LogP contribution in [0.15, 0.2) is 0 Å².